The molecule has 0 unspecified atom stereocenters. The zero-order chi connectivity index (χ0) is 11.5. The molecule has 16 heavy (non-hydrogen) atoms. The second-order valence-electron chi connectivity index (χ2n) is 3.01. The highest BCUT2D eigenvalue weighted by Gasteiger charge is 2.07. The van der Waals surface area contributed by atoms with Crippen molar-refractivity contribution in [1.82, 2.24) is 9.36 Å². The van der Waals surface area contributed by atoms with Gasteiger partial charge < -0.3 is 4.74 Å². The molecule has 0 saturated carbocycles. The van der Waals surface area contributed by atoms with Gasteiger partial charge in [-0.1, -0.05) is 18.5 Å². The lowest BCUT2D eigenvalue weighted by molar-refractivity contribution is 0.474. The van der Waals surface area contributed by atoms with Gasteiger partial charge in [-0.15, -0.1) is 0 Å². The van der Waals surface area contributed by atoms with Gasteiger partial charge in [0.2, 0.25) is 0 Å². The second-order valence-corrected chi connectivity index (χ2v) is 5.01. The first-order valence-electron chi connectivity index (χ1n) is 4.64. The van der Waals surface area contributed by atoms with Crippen molar-refractivity contribution in [3.8, 4) is 10.9 Å². The Morgan fingerprint density at radius 1 is 1.50 bits per heavy atom. The molecule has 1 aromatic heterocycles. The van der Waals surface area contributed by atoms with Crippen molar-refractivity contribution in [2.75, 3.05) is 0 Å². The number of benzene rings is 1. The summed E-state index contributed by atoms with van der Waals surface area (Å²) in [6, 6.07) is 5.33. The SMILES string of the molecule is CCc1nsc(Oc2ccc(Cl)cc2Br)n1. The lowest BCUT2D eigenvalue weighted by Crippen LogP contribution is -1.86. The number of rotatable bonds is 3. The van der Waals surface area contributed by atoms with Crippen molar-refractivity contribution >= 4 is 39.1 Å². The molecule has 0 fully saturated rings. The summed E-state index contributed by atoms with van der Waals surface area (Å²) in [5.74, 6) is 1.48. The molecule has 2 aromatic rings. The van der Waals surface area contributed by atoms with Crippen LogP contribution in [0.2, 0.25) is 5.02 Å². The Labute approximate surface area is 111 Å². The van der Waals surface area contributed by atoms with E-state index in [1.165, 1.54) is 11.5 Å². The predicted octanol–water partition coefficient (Wildman–Crippen LogP) is 4.31. The van der Waals surface area contributed by atoms with Gasteiger partial charge in [0.25, 0.3) is 5.19 Å². The third-order valence-corrected chi connectivity index (χ3v) is 3.34. The number of aryl methyl sites for hydroxylation is 1. The fourth-order valence-electron chi connectivity index (χ4n) is 1.08. The van der Waals surface area contributed by atoms with Crippen LogP contribution >= 0.6 is 39.1 Å². The van der Waals surface area contributed by atoms with Crippen LogP contribution in [0.1, 0.15) is 12.7 Å². The molecule has 0 N–H and O–H groups in total. The third-order valence-electron chi connectivity index (χ3n) is 1.86. The summed E-state index contributed by atoms with van der Waals surface area (Å²) in [6.07, 6.45) is 0.807. The lowest BCUT2D eigenvalue weighted by atomic mass is 10.3. The van der Waals surface area contributed by atoms with Crippen LogP contribution in [0.15, 0.2) is 22.7 Å². The van der Waals surface area contributed by atoms with E-state index in [1.807, 2.05) is 6.92 Å². The highest BCUT2D eigenvalue weighted by atomic mass is 79.9. The Bertz CT molecular complexity index is 503. The van der Waals surface area contributed by atoms with Gasteiger partial charge >= 0.3 is 0 Å². The van der Waals surface area contributed by atoms with E-state index in [-0.39, 0.29) is 0 Å². The molecule has 0 bridgehead atoms. The Balaban J connectivity index is 2.20. The molecule has 0 aliphatic rings. The Morgan fingerprint density at radius 3 is 2.94 bits per heavy atom. The summed E-state index contributed by atoms with van der Waals surface area (Å²) in [4.78, 5) is 4.22. The van der Waals surface area contributed by atoms with E-state index in [0.717, 1.165) is 16.7 Å². The van der Waals surface area contributed by atoms with Crippen LogP contribution < -0.4 is 4.74 Å². The number of nitrogens with zero attached hydrogens (tertiary/aromatic N) is 2. The molecular weight excluding hydrogens is 312 g/mol. The van der Waals surface area contributed by atoms with E-state index >= 15 is 0 Å². The molecule has 1 aromatic carbocycles. The average Bonchev–Trinajstić information content (AvgIpc) is 2.70. The van der Waals surface area contributed by atoms with Gasteiger partial charge in [-0.05, 0) is 34.1 Å². The molecule has 2 rings (SSSR count). The molecule has 0 aliphatic carbocycles. The normalized spacial score (nSPS) is 10.4. The van der Waals surface area contributed by atoms with Crippen LogP contribution in [0.4, 0.5) is 0 Å². The van der Waals surface area contributed by atoms with Crippen molar-refractivity contribution in [3.63, 3.8) is 0 Å². The van der Waals surface area contributed by atoms with Gasteiger partial charge in [0.1, 0.15) is 11.6 Å². The van der Waals surface area contributed by atoms with Crippen molar-refractivity contribution in [2.45, 2.75) is 13.3 Å². The van der Waals surface area contributed by atoms with Crippen LogP contribution in [-0.2, 0) is 6.42 Å². The summed E-state index contributed by atoms with van der Waals surface area (Å²) >= 11 is 10.5. The molecule has 0 spiro atoms. The molecule has 0 atom stereocenters. The molecule has 0 aliphatic heterocycles. The molecular formula is C10H8BrClN2OS. The van der Waals surface area contributed by atoms with E-state index < -0.39 is 0 Å². The van der Waals surface area contributed by atoms with Gasteiger partial charge in [0.15, 0.2) is 0 Å². The van der Waals surface area contributed by atoms with E-state index in [1.54, 1.807) is 18.2 Å². The van der Waals surface area contributed by atoms with Crippen molar-refractivity contribution in [3.05, 3.63) is 33.5 Å². The third kappa shape index (κ3) is 2.72. The maximum Gasteiger partial charge on any atom is 0.298 e. The first kappa shape index (κ1) is 11.8. The summed E-state index contributed by atoms with van der Waals surface area (Å²) < 4.78 is 10.5. The molecule has 1 heterocycles. The number of halogens is 2. The monoisotopic (exact) mass is 318 g/mol. The quantitative estimate of drug-likeness (QED) is 0.845. The highest BCUT2D eigenvalue weighted by molar-refractivity contribution is 9.10. The number of ether oxygens (including phenoxy) is 1. The van der Waals surface area contributed by atoms with Crippen LogP contribution in [0, 0.1) is 0 Å². The van der Waals surface area contributed by atoms with Gasteiger partial charge in [0, 0.05) is 23.0 Å². The Hall–Kier alpha value is -0.650. The zero-order valence-corrected chi connectivity index (χ0v) is 11.6. The van der Waals surface area contributed by atoms with Crippen LogP contribution in [0.5, 0.6) is 10.9 Å². The van der Waals surface area contributed by atoms with E-state index in [2.05, 4.69) is 25.3 Å². The first-order valence-corrected chi connectivity index (χ1v) is 6.59. The molecule has 0 saturated heterocycles. The number of hydrogen-bond acceptors (Lipinski definition) is 4. The Morgan fingerprint density at radius 2 is 2.31 bits per heavy atom. The second kappa shape index (κ2) is 5.12. The summed E-state index contributed by atoms with van der Waals surface area (Å²) in [5.41, 5.74) is 0. The van der Waals surface area contributed by atoms with Crippen molar-refractivity contribution < 1.29 is 4.74 Å². The van der Waals surface area contributed by atoms with Gasteiger partial charge in [-0.2, -0.15) is 9.36 Å². The molecule has 3 nitrogen and oxygen atoms in total. The van der Waals surface area contributed by atoms with Gasteiger partial charge in [0.05, 0.1) is 4.47 Å². The summed E-state index contributed by atoms with van der Waals surface area (Å²) in [7, 11) is 0. The zero-order valence-electron chi connectivity index (χ0n) is 8.41. The molecule has 6 heteroatoms. The molecule has 0 amide bonds. The summed E-state index contributed by atoms with van der Waals surface area (Å²) in [6.45, 7) is 2.00. The molecule has 0 radical (unpaired) electrons. The number of hydrogen-bond donors (Lipinski definition) is 0. The summed E-state index contributed by atoms with van der Waals surface area (Å²) in [5, 5.41) is 1.20. The first-order chi connectivity index (χ1) is 7.69. The van der Waals surface area contributed by atoms with E-state index in [4.69, 9.17) is 16.3 Å². The highest BCUT2D eigenvalue weighted by Crippen LogP contribution is 2.32. The fourth-order valence-corrected chi connectivity index (χ4v) is 2.47. The topological polar surface area (TPSA) is 35.0 Å². The van der Waals surface area contributed by atoms with Gasteiger partial charge in [-0.25, -0.2) is 0 Å². The average molecular weight is 320 g/mol. The van der Waals surface area contributed by atoms with E-state index in [0.29, 0.717) is 16.0 Å². The van der Waals surface area contributed by atoms with Gasteiger partial charge in [-0.3, -0.25) is 0 Å². The molecule has 84 valence electrons. The van der Waals surface area contributed by atoms with Crippen LogP contribution in [0.25, 0.3) is 0 Å². The minimum absolute atomic E-state index is 0.542. The minimum Gasteiger partial charge on any atom is -0.429 e. The van der Waals surface area contributed by atoms with Crippen LogP contribution in [-0.4, -0.2) is 9.36 Å². The lowest BCUT2D eigenvalue weighted by Gasteiger charge is -2.03. The standard InChI is InChI=1S/C10H8BrClN2OS/c1-2-9-13-10(16-14-9)15-8-4-3-6(12)5-7(8)11/h3-5H,2H2,1H3. The number of aromatic nitrogens is 2. The smallest absolute Gasteiger partial charge is 0.298 e. The fraction of sp³-hybridized carbons (Fsp3) is 0.200. The Kier molecular flexibility index (Phi) is 3.78. The van der Waals surface area contributed by atoms with Crippen LogP contribution in [0.3, 0.4) is 0 Å². The van der Waals surface area contributed by atoms with E-state index in [9.17, 15) is 0 Å². The van der Waals surface area contributed by atoms with Crippen molar-refractivity contribution in [2.24, 2.45) is 0 Å². The minimum atomic E-state index is 0.542. The maximum atomic E-state index is 5.84. The maximum absolute atomic E-state index is 5.84. The predicted molar refractivity (Wildman–Crippen MR) is 68.5 cm³/mol. The largest absolute Gasteiger partial charge is 0.429 e. The van der Waals surface area contributed by atoms with Crippen molar-refractivity contribution in [1.29, 1.82) is 0 Å².